The number of hydrogen-bond acceptors (Lipinski definition) is 4. The third-order valence-corrected chi connectivity index (χ3v) is 5.43. The fourth-order valence-corrected chi connectivity index (χ4v) is 4.63. The third kappa shape index (κ3) is 3.65. The Morgan fingerprint density at radius 1 is 1.55 bits per heavy atom. The minimum atomic E-state index is -3.65. The van der Waals surface area contributed by atoms with Crippen LogP contribution in [0.15, 0.2) is 21.5 Å². The van der Waals surface area contributed by atoms with Gasteiger partial charge in [0.15, 0.2) is 5.75 Å². The lowest BCUT2D eigenvalue weighted by Crippen LogP contribution is -2.30. The number of rotatable bonds is 5. The summed E-state index contributed by atoms with van der Waals surface area (Å²) in [7, 11) is -2.23. The molecule has 0 aromatic heterocycles. The highest BCUT2D eigenvalue weighted by Gasteiger charge is 2.24. The molecular formula is C12H16BrClN2O3S. The van der Waals surface area contributed by atoms with Crippen molar-refractivity contribution in [2.45, 2.75) is 11.3 Å². The molecule has 0 spiro atoms. The van der Waals surface area contributed by atoms with Crippen molar-refractivity contribution in [2.24, 2.45) is 5.92 Å². The van der Waals surface area contributed by atoms with E-state index in [1.807, 2.05) is 0 Å². The molecule has 5 nitrogen and oxygen atoms in total. The van der Waals surface area contributed by atoms with Gasteiger partial charge < -0.3 is 10.1 Å². The van der Waals surface area contributed by atoms with E-state index in [0.717, 1.165) is 19.5 Å². The maximum absolute atomic E-state index is 12.4. The zero-order chi connectivity index (χ0) is 14.8. The van der Waals surface area contributed by atoms with E-state index in [4.69, 9.17) is 16.3 Å². The van der Waals surface area contributed by atoms with Gasteiger partial charge in [-0.1, -0.05) is 11.6 Å². The first kappa shape index (κ1) is 16.0. The van der Waals surface area contributed by atoms with Crippen molar-refractivity contribution in [1.29, 1.82) is 0 Å². The van der Waals surface area contributed by atoms with Crippen LogP contribution in [0, 0.1) is 5.92 Å². The van der Waals surface area contributed by atoms with E-state index < -0.39 is 10.0 Å². The van der Waals surface area contributed by atoms with Gasteiger partial charge in [0.1, 0.15) is 4.90 Å². The Hall–Kier alpha value is -0.340. The normalized spacial score (nSPS) is 19.2. The van der Waals surface area contributed by atoms with E-state index >= 15 is 0 Å². The second-order valence-electron chi connectivity index (χ2n) is 4.63. The van der Waals surface area contributed by atoms with Crippen LogP contribution in [0.4, 0.5) is 0 Å². The van der Waals surface area contributed by atoms with Crippen molar-refractivity contribution in [2.75, 3.05) is 26.7 Å². The van der Waals surface area contributed by atoms with Crippen LogP contribution in [-0.2, 0) is 10.0 Å². The highest BCUT2D eigenvalue weighted by Crippen LogP contribution is 2.35. The molecule has 2 rings (SSSR count). The quantitative estimate of drug-likeness (QED) is 0.816. The molecular weight excluding hydrogens is 368 g/mol. The molecule has 1 aliphatic heterocycles. The average molecular weight is 384 g/mol. The molecule has 1 unspecified atom stereocenters. The molecule has 0 bridgehead atoms. The first-order valence-electron chi connectivity index (χ1n) is 6.17. The molecule has 0 radical (unpaired) electrons. The first-order chi connectivity index (χ1) is 9.44. The summed E-state index contributed by atoms with van der Waals surface area (Å²) in [4.78, 5) is 0.0466. The van der Waals surface area contributed by atoms with Crippen molar-refractivity contribution in [3.63, 3.8) is 0 Å². The van der Waals surface area contributed by atoms with Gasteiger partial charge in [0, 0.05) is 11.6 Å². The van der Waals surface area contributed by atoms with Gasteiger partial charge in [0.2, 0.25) is 10.0 Å². The van der Waals surface area contributed by atoms with Crippen LogP contribution in [0.1, 0.15) is 6.42 Å². The van der Waals surface area contributed by atoms with Crippen LogP contribution in [0.5, 0.6) is 5.75 Å². The third-order valence-electron chi connectivity index (χ3n) is 3.19. The lowest BCUT2D eigenvalue weighted by atomic mass is 10.1. The van der Waals surface area contributed by atoms with Crippen LogP contribution in [0.2, 0.25) is 5.02 Å². The number of methoxy groups -OCH3 is 1. The SMILES string of the molecule is COc1c(Br)cc(Cl)cc1S(=O)(=O)NCC1CCNC1. The van der Waals surface area contributed by atoms with Gasteiger partial charge in [-0.2, -0.15) is 0 Å². The number of hydrogen-bond donors (Lipinski definition) is 2. The molecule has 112 valence electrons. The lowest BCUT2D eigenvalue weighted by molar-refractivity contribution is 0.399. The number of halogens is 2. The minimum Gasteiger partial charge on any atom is -0.494 e. The maximum atomic E-state index is 12.4. The highest BCUT2D eigenvalue weighted by atomic mass is 79.9. The Morgan fingerprint density at radius 3 is 2.90 bits per heavy atom. The summed E-state index contributed by atoms with van der Waals surface area (Å²) in [6.45, 7) is 2.17. The summed E-state index contributed by atoms with van der Waals surface area (Å²) in [5.74, 6) is 0.574. The maximum Gasteiger partial charge on any atom is 0.244 e. The van der Waals surface area contributed by atoms with E-state index in [1.54, 1.807) is 6.07 Å². The second-order valence-corrected chi connectivity index (χ2v) is 7.66. The first-order valence-corrected chi connectivity index (χ1v) is 8.83. The largest absolute Gasteiger partial charge is 0.494 e. The van der Waals surface area contributed by atoms with E-state index in [0.29, 0.717) is 22.0 Å². The lowest BCUT2D eigenvalue weighted by Gasteiger charge is -2.14. The van der Waals surface area contributed by atoms with Gasteiger partial charge >= 0.3 is 0 Å². The van der Waals surface area contributed by atoms with Crippen LogP contribution in [0.25, 0.3) is 0 Å². The van der Waals surface area contributed by atoms with Crippen molar-refractivity contribution in [3.8, 4) is 5.75 Å². The van der Waals surface area contributed by atoms with Gasteiger partial charge in [-0.05, 0) is 53.5 Å². The summed E-state index contributed by atoms with van der Waals surface area (Å²) in [5, 5.41) is 3.53. The smallest absolute Gasteiger partial charge is 0.244 e. The molecule has 0 aliphatic carbocycles. The average Bonchev–Trinajstić information content (AvgIpc) is 2.89. The van der Waals surface area contributed by atoms with Crippen LogP contribution >= 0.6 is 27.5 Å². The van der Waals surface area contributed by atoms with Crippen molar-refractivity contribution >= 4 is 37.6 Å². The Kier molecular flexibility index (Phi) is 5.30. The topological polar surface area (TPSA) is 67.4 Å². The van der Waals surface area contributed by atoms with Gasteiger partial charge in [0.05, 0.1) is 11.6 Å². The molecule has 1 aromatic carbocycles. The van der Waals surface area contributed by atoms with E-state index in [2.05, 4.69) is 26.0 Å². The number of sulfonamides is 1. The Balaban J connectivity index is 2.24. The molecule has 1 atom stereocenters. The highest BCUT2D eigenvalue weighted by molar-refractivity contribution is 9.10. The van der Waals surface area contributed by atoms with Gasteiger partial charge in [0.25, 0.3) is 0 Å². The van der Waals surface area contributed by atoms with Gasteiger partial charge in [-0.3, -0.25) is 0 Å². The summed E-state index contributed by atoms with van der Waals surface area (Å²) in [6.07, 6.45) is 0.971. The Bertz CT molecular complexity index is 589. The van der Waals surface area contributed by atoms with E-state index in [-0.39, 0.29) is 10.6 Å². The fraction of sp³-hybridized carbons (Fsp3) is 0.500. The predicted molar refractivity (Wildman–Crippen MR) is 81.9 cm³/mol. The molecule has 2 N–H and O–H groups in total. The molecule has 0 saturated carbocycles. The molecule has 1 aromatic rings. The molecule has 1 saturated heterocycles. The minimum absolute atomic E-state index is 0.0466. The van der Waals surface area contributed by atoms with Crippen molar-refractivity contribution in [1.82, 2.24) is 10.0 Å². The van der Waals surface area contributed by atoms with Crippen LogP contribution in [0.3, 0.4) is 0 Å². The Labute approximate surface area is 132 Å². The summed E-state index contributed by atoms with van der Waals surface area (Å²) in [6, 6.07) is 2.99. The van der Waals surface area contributed by atoms with Gasteiger partial charge in [-0.25, -0.2) is 13.1 Å². The predicted octanol–water partition coefficient (Wildman–Crippen LogP) is 2.00. The van der Waals surface area contributed by atoms with Crippen molar-refractivity contribution in [3.05, 3.63) is 21.6 Å². The monoisotopic (exact) mass is 382 g/mol. The van der Waals surface area contributed by atoms with Crippen LogP contribution < -0.4 is 14.8 Å². The second kappa shape index (κ2) is 6.62. The summed E-state index contributed by atoms with van der Waals surface area (Å²) in [5.41, 5.74) is 0. The zero-order valence-corrected chi connectivity index (χ0v) is 14.1. The van der Waals surface area contributed by atoms with E-state index in [9.17, 15) is 8.42 Å². The number of benzene rings is 1. The Morgan fingerprint density at radius 2 is 2.30 bits per heavy atom. The van der Waals surface area contributed by atoms with Crippen molar-refractivity contribution < 1.29 is 13.2 Å². The molecule has 8 heteroatoms. The molecule has 20 heavy (non-hydrogen) atoms. The number of ether oxygens (including phenoxy) is 1. The standard InChI is InChI=1S/C12H16BrClN2O3S/c1-19-12-10(13)4-9(14)5-11(12)20(17,18)16-7-8-2-3-15-6-8/h4-5,8,15-16H,2-3,6-7H2,1H3. The van der Waals surface area contributed by atoms with Gasteiger partial charge in [-0.15, -0.1) is 0 Å². The molecule has 0 amide bonds. The van der Waals surface area contributed by atoms with Crippen LogP contribution in [-0.4, -0.2) is 35.2 Å². The van der Waals surface area contributed by atoms with E-state index in [1.165, 1.54) is 13.2 Å². The molecule has 1 fully saturated rings. The molecule has 1 aliphatic rings. The fourth-order valence-electron chi connectivity index (χ4n) is 2.13. The summed E-state index contributed by atoms with van der Waals surface area (Å²) >= 11 is 9.18. The zero-order valence-electron chi connectivity index (χ0n) is 10.9. The number of nitrogens with one attached hydrogen (secondary N) is 2. The summed E-state index contributed by atoms with van der Waals surface area (Å²) < 4.78 is 33.0. The molecule has 1 heterocycles.